The molecular weight excluding hydrogens is 1470 g/mol. The zero-order valence-corrected chi connectivity index (χ0v) is 65.7. The van der Waals surface area contributed by atoms with Gasteiger partial charge in [-0.05, 0) is 169 Å². The number of alkyl halides is 3. The number of hydrogen-bond acceptors (Lipinski definition) is 18. The Morgan fingerprint density at radius 2 is 1.47 bits per heavy atom. The number of sulfonamides is 1. The van der Waals surface area contributed by atoms with Crippen LogP contribution >= 0.6 is 34.4 Å². The minimum Gasteiger partial charge on any atom is -0.391 e. The second-order valence-corrected chi connectivity index (χ2v) is 36.9. The van der Waals surface area contributed by atoms with Crippen molar-refractivity contribution in [2.75, 3.05) is 88.0 Å². The number of unbranched alkanes of at least 4 members (excludes halogenated alkanes) is 2. The topological polar surface area (TPSA) is 251 Å². The average molecular weight is 1560 g/mol. The number of thioether (sulfide) groups is 1. The van der Waals surface area contributed by atoms with E-state index in [2.05, 4.69) is 79.1 Å². The fourth-order valence-corrected chi connectivity index (χ4v) is 19.1. The lowest BCUT2D eigenvalue weighted by Gasteiger charge is -2.39. The predicted octanol–water partition coefficient (Wildman–Crippen LogP) is 13.0. The van der Waals surface area contributed by atoms with Crippen molar-refractivity contribution in [3.8, 4) is 10.4 Å². The number of nitrogens with zero attached hydrogens (tertiary/aromatic N) is 6. The quantitative estimate of drug-likeness (QED) is 0.0226. The van der Waals surface area contributed by atoms with Crippen molar-refractivity contribution in [1.29, 1.82) is 0 Å². The first-order valence-corrected chi connectivity index (χ1v) is 42.3. The summed E-state index contributed by atoms with van der Waals surface area (Å²) in [7, 11) is -11.1. The molecule has 5 amide bonds. The molecule has 2 aromatic heterocycles. The SMILES string of the molecule is Cc1ncsc1-c1ccc([C@H](C)NC(=O)[C@@H]2C[C@@H](O)CN2C(=O)[C@@H](NC(=O)CCCCCC(=O)N2CCN(CC[C@H](CSc3ccccc3)Nc3ccc(S(=O)(=O)NC(=O)c4ccc(N5CCN(CC6=C(c7ccc8sccc8c7)CCC(C)(C)C6)CC5)cc4)cc3S(=O)(=O)C(F)(F)F)CC2)C(C)(C)C)cc1. The molecule has 0 saturated carbocycles. The smallest absolute Gasteiger partial charge is 0.391 e. The van der Waals surface area contributed by atoms with Crippen LogP contribution in [-0.2, 0) is 39.0 Å². The minimum atomic E-state index is -6.18. The number of aliphatic hydroxyl groups is 1. The van der Waals surface area contributed by atoms with E-state index in [1.54, 1.807) is 45.2 Å². The van der Waals surface area contributed by atoms with Gasteiger partial charge in [0.15, 0.2) is 0 Å². The monoisotopic (exact) mass is 1560 g/mol. The van der Waals surface area contributed by atoms with Crippen LogP contribution < -0.4 is 25.6 Å². The van der Waals surface area contributed by atoms with E-state index in [0.29, 0.717) is 77.6 Å². The highest BCUT2D eigenvalue weighted by Gasteiger charge is 2.49. The summed E-state index contributed by atoms with van der Waals surface area (Å²) in [5, 5.41) is 23.1. The number of nitrogens with one attached hydrogen (secondary N) is 4. The third kappa shape index (κ3) is 20.4. The summed E-state index contributed by atoms with van der Waals surface area (Å²) in [6.07, 6.45) is 4.43. The lowest BCUT2D eigenvalue weighted by molar-refractivity contribution is -0.144. The maximum Gasteiger partial charge on any atom is 0.501 e. The van der Waals surface area contributed by atoms with Gasteiger partial charge in [0.1, 0.15) is 17.0 Å². The number of aryl methyl sites for hydroxylation is 1. The number of carbonyl (C=O) groups excluding carboxylic acids is 5. The normalized spacial score (nSPS) is 18.6. The molecule has 0 unspecified atom stereocenters. The molecule has 3 saturated heterocycles. The Balaban J connectivity index is 0.645. The van der Waals surface area contributed by atoms with Crippen LogP contribution in [-0.4, -0.2) is 184 Å². The van der Waals surface area contributed by atoms with Crippen LogP contribution in [0.3, 0.4) is 0 Å². The molecule has 574 valence electrons. The number of carbonyl (C=O) groups is 5. The summed E-state index contributed by atoms with van der Waals surface area (Å²) < 4.78 is 102. The van der Waals surface area contributed by atoms with Gasteiger partial charge in [-0.3, -0.25) is 33.8 Å². The number of rotatable bonds is 28. The standard InChI is InChI=1S/C79H97F3N10O10S5/c1-52(54-18-20-55(21-19-54)72-53(2)83-51-105-72)84-75(97)67-45-62(93)49-92(67)76(98)73(77(3,4)5)86-70(94)16-12-9-13-17-71(95)91-41-35-88(36-42-91)34-31-60(50-104-63-14-10-8-11-15-63)85-66-28-27-64(46-69(66)106(99,100)79(80,81)82)107(101,102)87-74(96)56-22-25-61(26-23-56)90-39-37-89(38-40-90)48-59-47-78(6,7)33-30-65(59)57-24-29-68-58(44-57)32-43-103-68/h8,10-11,14-15,18-29,32,43-44,46,51-52,60,62,67,73,85,93H,9,12-13,16-17,30-31,33-42,45,47-50H2,1-7H3,(H,84,97)(H,86,94)(H,87,96)/t52-,60+,62+,67-,73+/m0/s1. The molecule has 11 rings (SSSR count). The first-order valence-electron chi connectivity index (χ1n) is 36.6. The van der Waals surface area contributed by atoms with Gasteiger partial charge in [0, 0.05) is 124 Å². The molecule has 0 spiro atoms. The van der Waals surface area contributed by atoms with Crippen molar-refractivity contribution in [1.82, 2.24) is 39.9 Å². The van der Waals surface area contributed by atoms with Gasteiger partial charge in [-0.1, -0.05) is 95.1 Å². The van der Waals surface area contributed by atoms with E-state index in [-0.39, 0.29) is 54.4 Å². The number of piperazine rings is 2. The van der Waals surface area contributed by atoms with Crippen molar-refractivity contribution in [3.05, 3.63) is 160 Å². The Morgan fingerprint density at radius 3 is 2.15 bits per heavy atom. The van der Waals surface area contributed by atoms with E-state index in [1.807, 2.05) is 93.9 Å². The number of benzene rings is 5. The van der Waals surface area contributed by atoms with Crippen molar-refractivity contribution < 1.29 is 59.1 Å². The number of hydrogen-bond donors (Lipinski definition) is 5. The molecule has 5 N–H and O–H groups in total. The Bertz CT molecular complexity index is 4570. The summed E-state index contributed by atoms with van der Waals surface area (Å²) in [6, 6.07) is 31.8. The van der Waals surface area contributed by atoms with E-state index in [4.69, 9.17) is 0 Å². The largest absolute Gasteiger partial charge is 0.501 e. The predicted molar refractivity (Wildman–Crippen MR) is 417 cm³/mol. The van der Waals surface area contributed by atoms with Crippen molar-refractivity contribution in [2.45, 2.75) is 163 Å². The van der Waals surface area contributed by atoms with Crippen molar-refractivity contribution >= 4 is 111 Å². The van der Waals surface area contributed by atoms with Crippen LogP contribution in [0.4, 0.5) is 24.5 Å². The van der Waals surface area contributed by atoms with Gasteiger partial charge in [0.2, 0.25) is 23.6 Å². The number of aliphatic hydroxyl groups excluding tert-OH is 1. The second kappa shape index (κ2) is 34.5. The fourth-order valence-electron chi connectivity index (χ4n) is 14.5. The minimum absolute atomic E-state index is 0.0343. The zero-order chi connectivity index (χ0) is 76.6. The molecular formula is C79H97F3N10O10S5. The number of amides is 5. The molecule has 28 heteroatoms. The number of thiophene rings is 1. The molecule has 5 aromatic carbocycles. The maximum atomic E-state index is 14.6. The molecule has 0 radical (unpaired) electrons. The number of anilines is 2. The maximum absolute atomic E-state index is 14.6. The Kier molecular flexibility index (Phi) is 25.9. The molecule has 107 heavy (non-hydrogen) atoms. The summed E-state index contributed by atoms with van der Waals surface area (Å²) in [4.78, 5) is 82.8. The van der Waals surface area contributed by atoms with Gasteiger partial charge in [0.25, 0.3) is 25.8 Å². The third-order valence-corrected chi connectivity index (χ3v) is 26.7. The van der Waals surface area contributed by atoms with Gasteiger partial charge < -0.3 is 35.8 Å². The number of halogens is 3. The number of thiazole rings is 1. The number of aromatic nitrogens is 1. The van der Waals surface area contributed by atoms with Gasteiger partial charge in [0.05, 0.1) is 38.8 Å². The molecule has 5 heterocycles. The molecule has 7 aromatic rings. The lowest BCUT2D eigenvalue weighted by Crippen LogP contribution is -2.57. The second-order valence-electron chi connectivity index (χ2n) is 30.4. The first kappa shape index (κ1) is 80.3. The lowest BCUT2D eigenvalue weighted by atomic mass is 9.72. The van der Waals surface area contributed by atoms with E-state index < -0.39 is 94.3 Å². The van der Waals surface area contributed by atoms with Crippen LogP contribution in [0.2, 0.25) is 0 Å². The van der Waals surface area contributed by atoms with Gasteiger partial charge >= 0.3 is 5.51 Å². The summed E-state index contributed by atoms with van der Waals surface area (Å²) >= 11 is 4.69. The van der Waals surface area contributed by atoms with E-state index in [1.165, 1.54) is 55.6 Å². The van der Waals surface area contributed by atoms with Crippen molar-refractivity contribution in [2.24, 2.45) is 10.8 Å². The molecule has 3 fully saturated rings. The van der Waals surface area contributed by atoms with E-state index >= 15 is 0 Å². The van der Waals surface area contributed by atoms with Crippen molar-refractivity contribution in [3.63, 3.8) is 0 Å². The van der Waals surface area contributed by atoms with Crippen LogP contribution in [0, 0.1) is 17.8 Å². The number of fused-ring (bicyclic) bond motifs is 1. The Hall–Kier alpha value is -7.70. The third-order valence-electron chi connectivity index (χ3n) is 20.8. The number of allylic oxidation sites excluding steroid dienone is 1. The fraction of sp³-hybridized carbons (Fsp3) is 0.468. The molecule has 4 aliphatic rings. The molecule has 5 atom stereocenters. The van der Waals surface area contributed by atoms with Gasteiger partial charge in [-0.25, -0.2) is 26.5 Å². The summed E-state index contributed by atoms with van der Waals surface area (Å²) in [6.45, 7) is 19.9. The average Bonchev–Trinajstić information content (AvgIpc) is 1.63. The van der Waals surface area contributed by atoms with Gasteiger partial charge in [-0.15, -0.1) is 34.4 Å². The molecule has 1 aliphatic carbocycles. The highest BCUT2D eigenvalue weighted by Crippen LogP contribution is 2.44. The Labute approximate surface area is 638 Å². The van der Waals surface area contributed by atoms with E-state index in [0.717, 1.165) is 83.3 Å². The molecule has 20 nitrogen and oxygen atoms in total. The first-order chi connectivity index (χ1) is 50.8. The number of β-amino-alcohol motifs (C(OH)–C–C–N with tert-alkyl or cyclic N) is 1. The van der Waals surface area contributed by atoms with Crippen LogP contribution in [0.5, 0.6) is 0 Å². The van der Waals surface area contributed by atoms with Crippen LogP contribution in [0.15, 0.2) is 152 Å². The number of sulfone groups is 1. The number of likely N-dealkylation sites (tertiary alicyclic amines) is 1. The molecule has 0 bridgehead atoms. The van der Waals surface area contributed by atoms with Crippen LogP contribution in [0.1, 0.15) is 139 Å². The van der Waals surface area contributed by atoms with Gasteiger partial charge in [-0.2, -0.15) is 13.2 Å². The van der Waals surface area contributed by atoms with E-state index in [9.17, 15) is 59.1 Å². The highest BCUT2D eigenvalue weighted by atomic mass is 32.2. The molecule has 3 aliphatic heterocycles. The summed E-state index contributed by atoms with van der Waals surface area (Å²) in [5.74, 6) is -2.09. The summed E-state index contributed by atoms with van der Waals surface area (Å²) in [5.41, 5.74) is 2.75. The Morgan fingerprint density at radius 1 is 0.776 bits per heavy atom. The van der Waals surface area contributed by atoms with Crippen LogP contribution in [0.25, 0.3) is 26.1 Å². The highest BCUT2D eigenvalue weighted by molar-refractivity contribution is 7.99. The zero-order valence-electron chi connectivity index (χ0n) is 61.6.